The molecule has 2 heteroatoms. The van der Waals surface area contributed by atoms with Crippen molar-refractivity contribution in [2.75, 3.05) is 0 Å². The fraction of sp³-hybridized carbons (Fsp3) is 0.417. The van der Waals surface area contributed by atoms with E-state index in [1.807, 2.05) is 12.1 Å². The van der Waals surface area contributed by atoms with Gasteiger partial charge in [-0.2, -0.15) is 0 Å². The summed E-state index contributed by atoms with van der Waals surface area (Å²) in [5, 5.41) is 0. The monoisotopic (exact) mass is 190 g/mol. The second-order valence-electron chi connectivity index (χ2n) is 3.93. The van der Waals surface area contributed by atoms with E-state index < -0.39 is 0 Å². The van der Waals surface area contributed by atoms with Crippen LogP contribution in [0.3, 0.4) is 0 Å². The van der Waals surface area contributed by atoms with Crippen LogP contribution < -0.4 is 5.73 Å². The first-order chi connectivity index (χ1) is 6.68. The van der Waals surface area contributed by atoms with Crippen molar-refractivity contribution in [2.24, 2.45) is 11.7 Å². The summed E-state index contributed by atoms with van der Waals surface area (Å²) in [4.78, 5) is 3.96. The molecule has 76 valence electrons. The molecular formula is C12H18N2. The summed E-state index contributed by atoms with van der Waals surface area (Å²) in [7, 11) is 0. The minimum atomic E-state index is 0.156. The van der Waals surface area contributed by atoms with Gasteiger partial charge in [0.1, 0.15) is 0 Å². The highest BCUT2D eigenvalue weighted by Crippen LogP contribution is 2.06. The first-order valence-electron chi connectivity index (χ1n) is 5.02. The van der Waals surface area contributed by atoms with Gasteiger partial charge in [0, 0.05) is 18.4 Å². The Kier molecular flexibility index (Phi) is 4.33. The van der Waals surface area contributed by atoms with Crippen LogP contribution in [0.2, 0.25) is 0 Å². The van der Waals surface area contributed by atoms with Crippen molar-refractivity contribution in [3.63, 3.8) is 0 Å². The zero-order chi connectivity index (χ0) is 10.4. The van der Waals surface area contributed by atoms with Crippen LogP contribution in [0.1, 0.15) is 25.8 Å². The molecule has 0 saturated heterocycles. The van der Waals surface area contributed by atoms with Crippen molar-refractivity contribution < 1.29 is 0 Å². The first kappa shape index (κ1) is 10.9. The van der Waals surface area contributed by atoms with Crippen molar-refractivity contribution in [1.29, 1.82) is 0 Å². The molecule has 0 radical (unpaired) electrons. The number of nitrogens with two attached hydrogens (primary N) is 1. The van der Waals surface area contributed by atoms with E-state index >= 15 is 0 Å². The molecule has 0 spiro atoms. The number of aromatic nitrogens is 1. The third kappa shape index (κ3) is 4.19. The van der Waals surface area contributed by atoms with E-state index in [0.717, 1.165) is 12.0 Å². The van der Waals surface area contributed by atoms with Crippen LogP contribution >= 0.6 is 0 Å². The standard InChI is InChI=1S/C12H18N2/c1-10(2)9-12(13)4-3-11-5-7-14-8-6-11/h3-8,10,12H,9,13H2,1-2H3/t12-/m1/s1. The predicted molar refractivity (Wildman–Crippen MR) is 60.7 cm³/mol. The second-order valence-corrected chi connectivity index (χ2v) is 3.93. The van der Waals surface area contributed by atoms with Crippen LogP contribution in [0.4, 0.5) is 0 Å². The third-order valence-corrected chi connectivity index (χ3v) is 1.99. The average molecular weight is 190 g/mol. The molecule has 0 unspecified atom stereocenters. The number of rotatable bonds is 4. The molecule has 0 aliphatic heterocycles. The van der Waals surface area contributed by atoms with E-state index in [1.165, 1.54) is 0 Å². The summed E-state index contributed by atoms with van der Waals surface area (Å²) in [6.45, 7) is 4.36. The first-order valence-corrected chi connectivity index (χ1v) is 5.02. The zero-order valence-corrected chi connectivity index (χ0v) is 8.85. The van der Waals surface area contributed by atoms with Crippen molar-refractivity contribution in [1.82, 2.24) is 4.98 Å². The van der Waals surface area contributed by atoms with Gasteiger partial charge in [0.05, 0.1) is 0 Å². The Labute approximate surface area is 85.9 Å². The molecule has 2 N–H and O–H groups in total. The second kappa shape index (κ2) is 5.55. The van der Waals surface area contributed by atoms with Gasteiger partial charge >= 0.3 is 0 Å². The van der Waals surface area contributed by atoms with Crippen molar-refractivity contribution in [3.8, 4) is 0 Å². The van der Waals surface area contributed by atoms with Crippen LogP contribution in [-0.4, -0.2) is 11.0 Å². The third-order valence-electron chi connectivity index (χ3n) is 1.99. The molecule has 0 aromatic carbocycles. The number of hydrogen-bond acceptors (Lipinski definition) is 2. The Morgan fingerprint density at radius 2 is 2.00 bits per heavy atom. The lowest BCUT2D eigenvalue weighted by molar-refractivity contribution is 0.547. The van der Waals surface area contributed by atoms with Crippen molar-refractivity contribution in [3.05, 3.63) is 36.2 Å². The van der Waals surface area contributed by atoms with Crippen LogP contribution in [0.5, 0.6) is 0 Å². The Balaban J connectivity index is 2.48. The predicted octanol–water partition coefficient (Wildman–Crippen LogP) is 2.47. The van der Waals surface area contributed by atoms with E-state index in [2.05, 4.69) is 31.0 Å². The van der Waals surface area contributed by atoms with Gasteiger partial charge in [-0.1, -0.05) is 26.0 Å². The van der Waals surface area contributed by atoms with Gasteiger partial charge < -0.3 is 5.73 Å². The largest absolute Gasteiger partial charge is 0.324 e. The van der Waals surface area contributed by atoms with Crippen LogP contribution in [-0.2, 0) is 0 Å². The lowest BCUT2D eigenvalue weighted by Gasteiger charge is -2.08. The molecule has 1 rings (SSSR count). The Morgan fingerprint density at radius 1 is 1.36 bits per heavy atom. The van der Waals surface area contributed by atoms with Gasteiger partial charge in [-0.3, -0.25) is 4.98 Å². The summed E-state index contributed by atoms with van der Waals surface area (Å²) in [5.74, 6) is 0.645. The van der Waals surface area contributed by atoms with E-state index in [0.29, 0.717) is 5.92 Å². The molecule has 0 bridgehead atoms. The van der Waals surface area contributed by atoms with Crippen molar-refractivity contribution >= 4 is 6.08 Å². The lowest BCUT2D eigenvalue weighted by Crippen LogP contribution is -2.18. The minimum absolute atomic E-state index is 0.156. The Bertz CT molecular complexity index is 278. The molecule has 1 heterocycles. The fourth-order valence-electron chi connectivity index (χ4n) is 1.33. The van der Waals surface area contributed by atoms with Gasteiger partial charge in [-0.25, -0.2) is 0 Å². The minimum Gasteiger partial charge on any atom is -0.324 e. The van der Waals surface area contributed by atoms with E-state index in [1.54, 1.807) is 12.4 Å². The number of pyridine rings is 1. The highest BCUT2D eigenvalue weighted by molar-refractivity contribution is 5.48. The van der Waals surface area contributed by atoms with Gasteiger partial charge in [-0.05, 0) is 30.0 Å². The Morgan fingerprint density at radius 3 is 2.57 bits per heavy atom. The molecule has 1 aromatic rings. The smallest absolute Gasteiger partial charge is 0.0273 e. The SMILES string of the molecule is CC(C)C[C@H](N)C=Cc1ccncc1. The topological polar surface area (TPSA) is 38.9 Å². The number of nitrogens with zero attached hydrogens (tertiary/aromatic N) is 1. The molecule has 2 nitrogen and oxygen atoms in total. The van der Waals surface area contributed by atoms with Gasteiger partial charge in [0.15, 0.2) is 0 Å². The average Bonchev–Trinajstić information content (AvgIpc) is 2.15. The maximum Gasteiger partial charge on any atom is 0.0273 e. The molecule has 0 fully saturated rings. The maximum atomic E-state index is 5.92. The maximum absolute atomic E-state index is 5.92. The molecular weight excluding hydrogens is 172 g/mol. The van der Waals surface area contributed by atoms with Crippen LogP contribution in [0, 0.1) is 5.92 Å². The molecule has 0 amide bonds. The van der Waals surface area contributed by atoms with Gasteiger partial charge in [0.25, 0.3) is 0 Å². The van der Waals surface area contributed by atoms with Gasteiger partial charge in [0.2, 0.25) is 0 Å². The van der Waals surface area contributed by atoms with Gasteiger partial charge in [-0.15, -0.1) is 0 Å². The van der Waals surface area contributed by atoms with E-state index in [4.69, 9.17) is 5.73 Å². The van der Waals surface area contributed by atoms with Crippen LogP contribution in [0.25, 0.3) is 6.08 Å². The quantitative estimate of drug-likeness (QED) is 0.792. The highest BCUT2D eigenvalue weighted by Gasteiger charge is 2.00. The normalized spacial score (nSPS) is 13.7. The summed E-state index contributed by atoms with van der Waals surface area (Å²) in [5.41, 5.74) is 7.07. The zero-order valence-electron chi connectivity index (χ0n) is 8.85. The Hall–Kier alpha value is -1.15. The van der Waals surface area contributed by atoms with Crippen LogP contribution in [0.15, 0.2) is 30.6 Å². The van der Waals surface area contributed by atoms with E-state index in [9.17, 15) is 0 Å². The fourth-order valence-corrected chi connectivity index (χ4v) is 1.33. The summed E-state index contributed by atoms with van der Waals surface area (Å²) in [6, 6.07) is 4.10. The highest BCUT2D eigenvalue weighted by atomic mass is 14.6. The summed E-state index contributed by atoms with van der Waals surface area (Å²) in [6.07, 6.45) is 8.70. The molecule has 14 heavy (non-hydrogen) atoms. The summed E-state index contributed by atoms with van der Waals surface area (Å²) >= 11 is 0. The molecule has 1 atom stereocenters. The lowest BCUT2D eigenvalue weighted by atomic mass is 10.0. The molecule has 0 saturated carbocycles. The molecule has 0 aliphatic carbocycles. The molecule has 0 aliphatic rings. The number of hydrogen-bond donors (Lipinski definition) is 1. The summed E-state index contributed by atoms with van der Waals surface area (Å²) < 4.78 is 0. The van der Waals surface area contributed by atoms with Crippen molar-refractivity contribution in [2.45, 2.75) is 26.3 Å². The molecule has 1 aromatic heterocycles. The van der Waals surface area contributed by atoms with E-state index in [-0.39, 0.29) is 6.04 Å².